The molecular formula is C18H20N2O. The van der Waals surface area contributed by atoms with Gasteiger partial charge in [0, 0.05) is 12.7 Å². The SMILES string of the molecule is Cc1cccc(C(N)c2ccc3c(c2)C(C)C(=O)N3C)c1. The number of carbonyl (C=O) groups excluding carboxylic acids is 1. The summed E-state index contributed by atoms with van der Waals surface area (Å²) in [6.45, 7) is 4.02. The summed E-state index contributed by atoms with van der Waals surface area (Å²) in [7, 11) is 1.82. The van der Waals surface area contributed by atoms with Crippen molar-refractivity contribution in [2.24, 2.45) is 5.73 Å². The Morgan fingerprint density at radius 1 is 1.14 bits per heavy atom. The van der Waals surface area contributed by atoms with Crippen molar-refractivity contribution >= 4 is 11.6 Å². The van der Waals surface area contributed by atoms with Gasteiger partial charge in [0.2, 0.25) is 5.91 Å². The molecule has 3 rings (SSSR count). The van der Waals surface area contributed by atoms with Crippen molar-refractivity contribution in [3.8, 4) is 0 Å². The van der Waals surface area contributed by atoms with Crippen LogP contribution in [-0.2, 0) is 4.79 Å². The van der Waals surface area contributed by atoms with Crippen LogP contribution in [0.1, 0.15) is 41.1 Å². The summed E-state index contributed by atoms with van der Waals surface area (Å²) in [5.41, 5.74) is 11.8. The fourth-order valence-corrected chi connectivity index (χ4v) is 3.02. The molecule has 2 aromatic rings. The summed E-state index contributed by atoms with van der Waals surface area (Å²) in [4.78, 5) is 13.8. The van der Waals surface area contributed by atoms with Gasteiger partial charge in [-0.1, -0.05) is 42.0 Å². The van der Waals surface area contributed by atoms with Crippen LogP contribution in [0.15, 0.2) is 42.5 Å². The van der Waals surface area contributed by atoms with Crippen LogP contribution >= 0.6 is 0 Å². The van der Waals surface area contributed by atoms with Gasteiger partial charge in [0.15, 0.2) is 0 Å². The highest BCUT2D eigenvalue weighted by molar-refractivity contribution is 6.04. The molecule has 2 N–H and O–H groups in total. The number of carbonyl (C=O) groups is 1. The van der Waals surface area contributed by atoms with Crippen LogP contribution in [-0.4, -0.2) is 13.0 Å². The van der Waals surface area contributed by atoms with Crippen molar-refractivity contribution < 1.29 is 4.79 Å². The van der Waals surface area contributed by atoms with Gasteiger partial charge in [-0.15, -0.1) is 0 Å². The summed E-state index contributed by atoms with van der Waals surface area (Å²) in [5.74, 6) is 0.0564. The van der Waals surface area contributed by atoms with E-state index in [4.69, 9.17) is 5.73 Å². The second kappa shape index (κ2) is 5.01. The number of amides is 1. The first-order valence-electron chi connectivity index (χ1n) is 7.22. The van der Waals surface area contributed by atoms with Gasteiger partial charge in [-0.25, -0.2) is 0 Å². The molecule has 0 radical (unpaired) electrons. The van der Waals surface area contributed by atoms with Crippen LogP contribution < -0.4 is 10.6 Å². The van der Waals surface area contributed by atoms with Gasteiger partial charge in [-0.05, 0) is 36.6 Å². The number of rotatable bonds is 2. The van der Waals surface area contributed by atoms with Crippen LogP contribution in [0.4, 0.5) is 5.69 Å². The van der Waals surface area contributed by atoms with Crippen LogP contribution in [0, 0.1) is 6.92 Å². The highest BCUT2D eigenvalue weighted by atomic mass is 16.2. The zero-order chi connectivity index (χ0) is 15.1. The number of likely N-dealkylation sites (N-methyl/N-ethyl adjacent to an activating group) is 1. The third kappa shape index (κ3) is 2.24. The Hall–Kier alpha value is -2.13. The second-order valence-electron chi connectivity index (χ2n) is 5.83. The van der Waals surface area contributed by atoms with Gasteiger partial charge in [-0.3, -0.25) is 4.79 Å². The minimum atomic E-state index is -0.164. The number of hydrogen-bond donors (Lipinski definition) is 1. The van der Waals surface area contributed by atoms with Gasteiger partial charge >= 0.3 is 0 Å². The lowest BCUT2D eigenvalue weighted by molar-refractivity contribution is -0.118. The number of benzene rings is 2. The third-order valence-corrected chi connectivity index (χ3v) is 4.34. The zero-order valence-electron chi connectivity index (χ0n) is 12.6. The Balaban J connectivity index is 2.00. The molecule has 3 heteroatoms. The molecule has 21 heavy (non-hydrogen) atoms. The first kappa shape index (κ1) is 13.8. The summed E-state index contributed by atoms with van der Waals surface area (Å²) in [5, 5.41) is 0. The number of hydrogen-bond acceptors (Lipinski definition) is 2. The molecule has 2 unspecified atom stereocenters. The molecule has 1 aliphatic rings. The molecule has 3 nitrogen and oxygen atoms in total. The molecule has 0 bridgehead atoms. The topological polar surface area (TPSA) is 46.3 Å². The molecule has 2 aromatic carbocycles. The van der Waals surface area contributed by atoms with E-state index in [9.17, 15) is 4.79 Å². The minimum Gasteiger partial charge on any atom is -0.320 e. The summed E-state index contributed by atoms with van der Waals surface area (Å²) >= 11 is 0. The highest BCUT2D eigenvalue weighted by Gasteiger charge is 2.32. The lowest BCUT2D eigenvalue weighted by Crippen LogP contribution is -2.22. The normalized spacial score (nSPS) is 18.8. The van der Waals surface area contributed by atoms with Gasteiger partial charge in [0.1, 0.15) is 0 Å². The molecule has 1 aliphatic heterocycles. The molecular weight excluding hydrogens is 260 g/mol. The van der Waals surface area contributed by atoms with E-state index in [2.05, 4.69) is 25.1 Å². The Morgan fingerprint density at radius 2 is 1.86 bits per heavy atom. The molecule has 1 amide bonds. The first-order chi connectivity index (χ1) is 9.99. The second-order valence-corrected chi connectivity index (χ2v) is 5.83. The Morgan fingerprint density at radius 3 is 2.57 bits per heavy atom. The van der Waals surface area contributed by atoms with Crippen LogP contribution in [0.3, 0.4) is 0 Å². The van der Waals surface area contributed by atoms with Gasteiger partial charge in [0.05, 0.1) is 12.0 Å². The Kier molecular flexibility index (Phi) is 3.30. The lowest BCUT2D eigenvalue weighted by atomic mass is 9.94. The standard InChI is InChI=1S/C18H20N2O/c1-11-5-4-6-13(9-11)17(19)14-7-8-16-15(10-14)12(2)18(21)20(16)3/h4-10,12,17H,19H2,1-3H3. The summed E-state index contributed by atoms with van der Waals surface area (Å²) in [6, 6.07) is 14.2. The molecule has 0 aromatic heterocycles. The van der Waals surface area contributed by atoms with E-state index in [-0.39, 0.29) is 17.9 Å². The maximum atomic E-state index is 12.1. The van der Waals surface area contributed by atoms with E-state index in [1.165, 1.54) is 5.56 Å². The molecule has 108 valence electrons. The van der Waals surface area contributed by atoms with Gasteiger partial charge < -0.3 is 10.6 Å². The fraction of sp³-hybridized carbons (Fsp3) is 0.278. The van der Waals surface area contributed by atoms with Crippen molar-refractivity contribution in [1.29, 1.82) is 0 Å². The van der Waals surface area contributed by atoms with E-state index in [1.807, 2.05) is 38.2 Å². The number of fused-ring (bicyclic) bond motifs is 1. The molecule has 0 fully saturated rings. The maximum Gasteiger partial charge on any atom is 0.234 e. The molecule has 0 saturated heterocycles. The van der Waals surface area contributed by atoms with Gasteiger partial charge in [-0.2, -0.15) is 0 Å². The summed E-state index contributed by atoms with van der Waals surface area (Å²) in [6.07, 6.45) is 0. The van der Waals surface area contributed by atoms with Crippen molar-refractivity contribution in [2.45, 2.75) is 25.8 Å². The average Bonchev–Trinajstić information content (AvgIpc) is 2.71. The zero-order valence-corrected chi connectivity index (χ0v) is 12.6. The van der Waals surface area contributed by atoms with Crippen molar-refractivity contribution in [3.05, 3.63) is 64.7 Å². The smallest absolute Gasteiger partial charge is 0.234 e. The number of nitrogens with zero attached hydrogens (tertiary/aromatic N) is 1. The van der Waals surface area contributed by atoms with Crippen LogP contribution in [0.2, 0.25) is 0 Å². The number of anilines is 1. The molecule has 0 saturated carbocycles. The van der Waals surface area contributed by atoms with E-state index in [0.717, 1.165) is 22.4 Å². The monoisotopic (exact) mass is 280 g/mol. The van der Waals surface area contributed by atoms with E-state index in [1.54, 1.807) is 4.90 Å². The molecule has 1 heterocycles. The first-order valence-corrected chi connectivity index (χ1v) is 7.22. The quantitative estimate of drug-likeness (QED) is 0.918. The van der Waals surface area contributed by atoms with E-state index < -0.39 is 0 Å². The maximum absolute atomic E-state index is 12.1. The molecule has 0 aliphatic carbocycles. The Labute approximate surface area is 125 Å². The van der Waals surface area contributed by atoms with Gasteiger partial charge in [0.25, 0.3) is 0 Å². The van der Waals surface area contributed by atoms with Crippen LogP contribution in [0.25, 0.3) is 0 Å². The fourth-order valence-electron chi connectivity index (χ4n) is 3.02. The number of nitrogens with two attached hydrogens (primary N) is 1. The highest BCUT2D eigenvalue weighted by Crippen LogP contribution is 2.38. The van der Waals surface area contributed by atoms with E-state index in [0.29, 0.717) is 0 Å². The minimum absolute atomic E-state index is 0.0883. The lowest BCUT2D eigenvalue weighted by Gasteiger charge is -2.16. The number of aryl methyl sites for hydroxylation is 1. The average molecular weight is 280 g/mol. The predicted molar refractivity (Wildman–Crippen MR) is 85.5 cm³/mol. The van der Waals surface area contributed by atoms with Crippen molar-refractivity contribution in [1.82, 2.24) is 0 Å². The third-order valence-electron chi connectivity index (χ3n) is 4.34. The van der Waals surface area contributed by atoms with Crippen LogP contribution in [0.5, 0.6) is 0 Å². The van der Waals surface area contributed by atoms with Crippen molar-refractivity contribution in [2.75, 3.05) is 11.9 Å². The molecule has 2 atom stereocenters. The Bertz CT molecular complexity index is 708. The summed E-state index contributed by atoms with van der Waals surface area (Å²) < 4.78 is 0. The van der Waals surface area contributed by atoms with E-state index >= 15 is 0 Å². The predicted octanol–water partition coefficient (Wildman–Crippen LogP) is 3.12. The molecule has 0 spiro atoms. The van der Waals surface area contributed by atoms with Crippen molar-refractivity contribution in [3.63, 3.8) is 0 Å². The largest absolute Gasteiger partial charge is 0.320 e.